The number of aromatic amines is 1. The van der Waals surface area contributed by atoms with Gasteiger partial charge in [-0.25, -0.2) is 4.79 Å². The van der Waals surface area contributed by atoms with Crippen LogP contribution >= 0.6 is 0 Å². The number of ether oxygens (including phenoxy) is 2. The van der Waals surface area contributed by atoms with E-state index in [4.69, 9.17) is 9.47 Å². The van der Waals surface area contributed by atoms with Crippen molar-refractivity contribution in [1.29, 1.82) is 0 Å². The summed E-state index contributed by atoms with van der Waals surface area (Å²) in [5, 5.41) is 0. The lowest BCUT2D eigenvalue weighted by atomic mass is 10.1. The molecule has 0 aliphatic carbocycles. The molecule has 0 fully saturated rings. The van der Waals surface area contributed by atoms with Crippen molar-refractivity contribution >= 4 is 11.8 Å². The molecule has 0 saturated heterocycles. The fourth-order valence-corrected chi connectivity index (χ4v) is 2.71. The summed E-state index contributed by atoms with van der Waals surface area (Å²) in [6.07, 6.45) is 0. The molecule has 2 aromatic rings. The van der Waals surface area contributed by atoms with Crippen LogP contribution in [0.4, 0.5) is 0 Å². The van der Waals surface area contributed by atoms with Crippen LogP contribution in [-0.4, -0.2) is 30.5 Å². The van der Waals surface area contributed by atoms with Crippen LogP contribution in [0.5, 0.6) is 5.75 Å². The summed E-state index contributed by atoms with van der Waals surface area (Å²) >= 11 is 0. The Hall–Kier alpha value is -2.56. The van der Waals surface area contributed by atoms with Crippen LogP contribution in [0.2, 0.25) is 0 Å². The molecule has 5 nitrogen and oxygen atoms in total. The molecule has 0 bridgehead atoms. The Balaban J connectivity index is 2.18. The van der Waals surface area contributed by atoms with Crippen LogP contribution < -0.4 is 4.74 Å². The van der Waals surface area contributed by atoms with Crippen molar-refractivity contribution < 1.29 is 19.1 Å². The first-order chi connectivity index (χ1) is 10.8. The Labute approximate surface area is 135 Å². The summed E-state index contributed by atoms with van der Waals surface area (Å²) in [5.41, 5.74) is 4.17. The quantitative estimate of drug-likeness (QED) is 0.679. The Morgan fingerprint density at radius 1 is 1.04 bits per heavy atom. The van der Waals surface area contributed by atoms with E-state index >= 15 is 0 Å². The maximum absolute atomic E-state index is 12.5. The number of nitrogens with one attached hydrogen (secondary N) is 1. The largest absolute Gasteiger partial charge is 0.485 e. The standard InChI is InChI=1S/C18H21NO4/c1-10-6-11(2)8-14(7-10)23-9-15(20)16-12(3)17(18(21)22-5)19-13(16)4/h6-8,19H,9H2,1-5H3. The molecule has 2 rings (SSSR count). The van der Waals surface area contributed by atoms with Crippen molar-refractivity contribution in [3.8, 4) is 5.75 Å². The minimum absolute atomic E-state index is 0.0803. The predicted octanol–water partition coefficient (Wildman–Crippen LogP) is 3.30. The number of carbonyl (C=O) groups is 2. The Morgan fingerprint density at radius 2 is 1.65 bits per heavy atom. The van der Waals surface area contributed by atoms with Gasteiger partial charge in [-0.15, -0.1) is 0 Å². The van der Waals surface area contributed by atoms with Crippen molar-refractivity contribution in [2.24, 2.45) is 0 Å². The molecular formula is C18H21NO4. The van der Waals surface area contributed by atoms with Crippen LogP contribution in [0, 0.1) is 27.7 Å². The molecule has 0 amide bonds. The van der Waals surface area contributed by atoms with E-state index in [9.17, 15) is 9.59 Å². The molecule has 0 spiro atoms. The topological polar surface area (TPSA) is 68.4 Å². The summed E-state index contributed by atoms with van der Waals surface area (Å²) in [4.78, 5) is 27.0. The third-order valence-electron chi connectivity index (χ3n) is 3.67. The Morgan fingerprint density at radius 3 is 2.22 bits per heavy atom. The maximum atomic E-state index is 12.5. The molecule has 23 heavy (non-hydrogen) atoms. The average Bonchev–Trinajstić information content (AvgIpc) is 2.78. The number of aryl methyl sites for hydroxylation is 3. The summed E-state index contributed by atoms with van der Waals surface area (Å²) < 4.78 is 10.3. The fourth-order valence-electron chi connectivity index (χ4n) is 2.71. The van der Waals surface area contributed by atoms with Gasteiger partial charge < -0.3 is 14.5 Å². The smallest absolute Gasteiger partial charge is 0.354 e. The number of esters is 1. The summed E-state index contributed by atoms with van der Waals surface area (Å²) in [5.74, 6) is 0.000299. The molecule has 1 heterocycles. The SMILES string of the molecule is COC(=O)c1[nH]c(C)c(C(=O)COc2cc(C)cc(C)c2)c1C. The van der Waals surface area contributed by atoms with Gasteiger partial charge in [0.2, 0.25) is 5.78 Å². The average molecular weight is 315 g/mol. The van der Waals surface area contributed by atoms with Crippen LogP contribution in [-0.2, 0) is 4.74 Å². The predicted molar refractivity (Wildman–Crippen MR) is 87.3 cm³/mol. The number of methoxy groups -OCH3 is 1. The third-order valence-corrected chi connectivity index (χ3v) is 3.67. The van der Waals surface area contributed by atoms with E-state index in [1.807, 2.05) is 32.0 Å². The van der Waals surface area contributed by atoms with Crippen molar-refractivity contribution in [3.05, 3.63) is 51.8 Å². The van der Waals surface area contributed by atoms with Crippen LogP contribution in [0.1, 0.15) is 43.2 Å². The van der Waals surface area contributed by atoms with E-state index in [1.54, 1.807) is 13.8 Å². The lowest BCUT2D eigenvalue weighted by molar-refractivity contribution is 0.0594. The number of rotatable bonds is 5. The lowest BCUT2D eigenvalue weighted by Gasteiger charge is -2.08. The molecule has 1 aromatic carbocycles. The van der Waals surface area contributed by atoms with Crippen molar-refractivity contribution in [2.75, 3.05) is 13.7 Å². The van der Waals surface area contributed by atoms with Crippen molar-refractivity contribution in [3.63, 3.8) is 0 Å². The van der Waals surface area contributed by atoms with Gasteiger partial charge in [-0.05, 0) is 56.5 Å². The number of Topliss-reactive ketones (excluding diaryl/α,β-unsaturated/α-hetero) is 1. The molecular weight excluding hydrogens is 294 g/mol. The molecule has 122 valence electrons. The number of H-pyrrole nitrogens is 1. The highest BCUT2D eigenvalue weighted by Crippen LogP contribution is 2.21. The van der Waals surface area contributed by atoms with Gasteiger partial charge in [0.05, 0.1) is 7.11 Å². The molecule has 0 aliphatic rings. The van der Waals surface area contributed by atoms with E-state index in [2.05, 4.69) is 4.98 Å². The zero-order chi connectivity index (χ0) is 17.1. The molecule has 5 heteroatoms. The monoisotopic (exact) mass is 315 g/mol. The van der Waals surface area contributed by atoms with E-state index in [-0.39, 0.29) is 12.4 Å². The van der Waals surface area contributed by atoms with E-state index in [0.717, 1.165) is 11.1 Å². The van der Waals surface area contributed by atoms with Crippen molar-refractivity contribution in [2.45, 2.75) is 27.7 Å². The van der Waals surface area contributed by atoms with Gasteiger partial charge in [0.1, 0.15) is 11.4 Å². The van der Waals surface area contributed by atoms with Gasteiger partial charge >= 0.3 is 5.97 Å². The minimum atomic E-state index is -0.486. The molecule has 0 aliphatic heterocycles. The Bertz CT molecular complexity index is 738. The number of carbonyl (C=O) groups excluding carboxylic acids is 2. The zero-order valence-corrected chi connectivity index (χ0v) is 14.1. The van der Waals surface area contributed by atoms with Crippen LogP contribution in [0.25, 0.3) is 0 Å². The highest BCUT2D eigenvalue weighted by atomic mass is 16.5. The third kappa shape index (κ3) is 3.62. The number of hydrogen-bond donors (Lipinski definition) is 1. The van der Waals surface area contributed by atoms with E-state index in [1.165, 1.54) is 7.11 Å². The Kier molecular flexibility index (Phi) is 4.89. The van der Waals surface area contributed by atoms with E-state index in [0.29, 0.717) is 28.3 Å². The first-order valence-corrected chi connectivity index (χ1v) is 7.35. The fraction of sp³-hybridized carbons (Fsp3) is 0.333. The molecule has 1 aromatic heterocycles. The highest BCUT2D eigenvalue weighted by Gasteiger charge is 2.22. The first-order valence-electron chi connectivity index (χ1n) is 7.35. The normalized spacial score (nSPS) is 10.5. The maximum Gasteiger partial charge on any atom is 0.354 e. The van der Waals surface area contributed by atoms with Crippen molar-refractivity contribution in [1.82, 2.24) is 4.98 Å². The number of hydrogen-bond acceptors (Lipinski definition) is 4. The van der Waals surface area contributed by atoms with Crippen LogP contribution in [0.3, 0.4) is 0 Å². The summed E-state index contributed by atoms with van der Waals surface area (Å²) in [6, 6.07) is 5.81. The molecule has 0 saturated carbocycles. The number of aromatic nitrogens is 1. The lowest BCUT2D eigenvalue weighted by Crippen LogP contribution is -2.13. The summed E-state index contributed by atoms with van der Waals surface area (Å²) in [7, 11) is 1.31. The van der Waals surface area contributed by atoms with Gasteiger partial charge in [0.25, 0.3) is 0 Å². The highest BCUT2D eigenvalue weighted by molar-refractivity contribution is 6.03. The van der Waals surface area contributed by atoms with Crippen LogP contribution in [0.15, 0.2) is 18.2 Å². The van der Waals surface area contributed by atoms with Gasteiger partial charge in [0, 0.05) is 11.3 Å². The second-order valence-electron chi connectivity index (χ2n) is 5.65. The van der Waals surface area contributed by atoms with Gasteiger partial charge in [-0.2, -0.15) is 0 Å². The van der Waals surface area contributed by atoms with E-state index < -0.39 is 5.97 Å². The van der Waals surface area contributed by atoms with Gasteiger partial charge in [-0.3, -0.25) is 4.79 Å². The number of ketones is 1. The first kappa shape index (κ1) is 16.8. The number of benzene rings is 1. The minimum Gasteiger partial charge on any atom is -0.485 e. The zero-order valence-electron chi connectivity index (χ0n) is 14.1. The van der Waals surface area contributed by atoms with Gasteiger partial charge in [0.15, 0.2) is 6.61 Å². The molecule has 0 atom stereocenters. The van der Waals surface area contributed by atoms with Gasteiger partial charge in [-0.1, -0.05) is 6.07 Å². The molecule has 1 N–H and O–H groups in total. The summed E-state index contributed by atoms with van der Waals surface area (Å²) in [6.45, 7) is 7.35. The second-order valence-corrected chi connectivity index (χ2v) is 5.65. The molecule has 0 unspecified atom stereocenters. The molecule has 0 radical (unpaired) electrons. The second kappa shape index (κ2) is 6.69.